The smallest absolute Gasteiger partial charge is 0.243 e. The average Bonchev–Trinajstić information content (AvgIpc) is 3.35. The van der Waals surface area contributed by atoms with Crippen molar-refractivity contribution in [3.63, 3.8) is 0 Å². The van der Waals surface area contributed by atoms with Crippen molar-refractivity contribution in [1.29, 1.82) is 0 Å². The molecule has 0 radical (unpaired) electrons. The van der Waals surface area contributed by atoms with Gasteiger partial charge in [0.1, 0.15) is 0 Å². The van der Waals surface area contributed by atoms with E-state index in [0.717, 1.165) is 17.7 Å². The van der Waals surface area contributed by atoms with E-state index in [0.29, 0.717) is 5.92 Å². The van der Waals surface area contributed by atoms with E-state index in [1.165, 1.54) is 5.56 Å². The first-order valence-electron chi connectivity index (χ1n) is 7.20. The van der Waals surface area contributed by atoms with Crippen LogP contribution in [-0.4, -0.2) is 11.6 Å². The lowest BCUT2D eigenvalue weighted by Crippen LogP contribution is -2.21. The Bertz CT molecular complexity index is 649. The number of benzene rings is 2. The molecule has 3 rings (SSSR count). The van der Waals surface area contributed by atoms with Crippen LogP contribution >= 0.6 is 0 Å². The average molecular weight is 278 g/mol. The second kappa shape index (κ2) is 5.92. The van der Waals surface area contributed by atoms with Gasteiger partial charge >= 0.3 is 0 Å². The molecule has 2 aromatic rings. The molecule has 21 heavy (non-hydrogen) atoms. The molecule has 0 saturated heterocycles. The molecule has 3 heteroatoms. The molecule has 0 aromatic heterocycles. The topological polar surface area (TPSA) is 41.5 Å². The zero-order chi connectivity index (χ0) is 14.7. The summed E-state index contributed by atoms with van der Waals surface area (Å²) in [5, 5.41) is 4.20. The highest BCUT2D eigenvalue weighted by Crippen LogP contribution is 2.47. The van der Waals surface area contributed by atoms with Crippen LogP contribution in [0.1, 0.15) is 30.4 Å². The van der Waals surface area contributed by atoms with Gasteiger partial charge in [-0.3, -0.25) is 4.79 Å². The molecule has 0 spiro atoms. The van der Waals surface area contributed by atoms with Crippen molar-refractivity contribution in [2.45, 2.75) is 19.3 Å². The predicted octanol–water partition coefficient (Wildman–Crippen LogP) is 3.33. The molecule has 1 N–H and O–H groups in total. The molecule has 106 valence electrons. The van der Waals surface area contributed by atoms with Crippen molar-refractivity contribution in [1.82, 2.24) is 5.43 Å². The molecule has 1 aliphatic rings. The van der Waals surface area contributed by atoms with Crippen molar-refractivity contribution in [2.75, 3.05) is 0 Å². The third kappa shape index (κ3) is 3.19. The van der Waals surface area contributed by atoms with Gasteiger partial charge in [0, 0.05) is 5.92 Å². The summed E-state index contributed by atoms with van der Waals surface area (Å²) in [5.74, 6) is 0.414. The van der Waals surface area contributed by atoms with Gasteiger partial charge in [-0.2, -0.15) is 5.10 Å². The van der Waals surface area contributed by atoms with E-state index in [1.807, 2.05) is 55.5 Å². The van der Waals surface area contributed by atoms with Crippen LogP contribution < -0.4 is 5.43 Å². The summed E-state index contributed by atoms with van der Waals surface area (Å²) in [6.07, 6.45) is 0.912. The van der Waals surface area contributed by atoms with Crippen LogP contribution in [0.15, 0.2) is 65.8 Å². The Kier molecular flexibility index (Phi) is 3.82. The number of nitrogens with zero attached hydrogens (tertiary/aromatic N) is 1. The third-order valence-electron chi connectivity index (χ3n) is 3.88. The Morgan fingerprint density at radius 3 is 2.33 bits per heavy atom. The zero-order valence-corrected chi connectivity index (χ0v) is 12.0. The molecule has 0 unspecified atom stereocenters. The van der Waals surface area contributed by atoms with Gasteiger partial charge in [0.2, 0.25) is 5.91 Å². The quantitative estimate of drug-likeness (QED) is 0.676. The van der Waals surface area contributed by atoms with Gasteiger partial charge in [0.25, 0.3) is 0 Å². The van der Waals surface area contributed by atoms with E-state index >= 15 is 0 Å². The largest absolute Gasteiger partial charge is 0.273 e. The van der Waals surface area contributed by atoms with E-state index in [1.54, 1.807) is 0 Å². The van der Waals surface area contributed by atoms with Gasteiger partial charge in [0.05, 0.1) is 5.71 Å². The molecular formula is C18H18N2O. The maximum absolute atomic E-state index is 12.1. The van der Waals surface area contributed by atoms with Crippen LogP contribution in [0, 0.1) is 5.92 Å². The number of amides is 1. The van der Waals surface area contributed by atoms with Crippen LogP contribution in [0.2, 0.25) is 0 Å². The Labute approximate surface area is 124 Å². The number of hydrogen-bond acceptors (Lipinski definition) is 2. The molecule has 1 amide bonds. The minimum absolute atomic E-state index is 0.0131. The van der Waals surface area contributed by atoms with Crippen LogP contribution in [0.3, 0.4) is 0 Å². The van der Waals surface area contributed by atoms with Gasteiger partial charge < -0.3 is 0 Å². The Balaban J connectivity index is 1.59. The van der Waals surface area contributed by atoms with Gasteiger partial charge in [-0.1, -0.05) is 60.7 Å². The fraction of sp³-hybridized carbons (Fsp3) is 0.222. The number of hydrazone groups is 1. The van der Waals surface area contributed by atoms with Crippen LogP contribution in [0.5, 0.6) is 0 Å². The summed E-state index contributed by atoms with van der Waals surface area (Å²) in [6.45, 7) is 1.90. The van der Waals surface area contributed by atoms with E-state index in [9.17, 15) is 4.79 Å². The summed E-state index contributed by atoms with van der Waals surface area (Å²) in [5.41, 5.74) is 5.77. The van der Waals surface area contributed by atoms with Crippen LogP contribution in [0.4, 0.5) is 0 Å². The monoisotopic (exact) mass is 278 g/mol. The molecule has 2 atom stereocenters. The molecule has 0 heterocycles. The maximum atomic E-state index is 12.1. The van der Waals surface area contributed by atoms with Crippen molar-refractivity contribution in [3.05, 3.63) is 71.8 Å². The second-order valence-corrected chi connectivity index (χ2v) is 5.40. The molecule has 0 aliphatic heterocycles. The Morgan fingerprint density at radius 1 is 1.05 bits per heavy atom. The number of carbonyl (C=O) groups is 1. The van der Waals surface area contributed by atoms with Gasteiger partial charge in [-0.15, -0.1) is 0 Å². The normalized spacial score (nSPS) is 20.9. The molecular weight excluding hydrogens is 260 g/mol. The summed E-state index contributed by atoms with van der Waals surface area (Å²) in [7, 11) is 0. The lowest BCUT2D eigenvalue weighted by atomic mass is 10.1. The molecule has 2 aromatic carbocycles. The van der Waals surface area contributed by atoms with Crippen LogP contribution in [0.25, 0.3) is 0 Å². The first-order valence-corrected chi connectivity index (χ1v) is 7.20. The fourth-order valence-electron chi connectivity index (χ4n) is 2.52. The minimum Gasteiger partial charge on any atom is -0.273 e. The molecule has 1 fully saturated rings. The first kappa shape index (κ1) is 13.6. The second-order valence-electron chi connectivity index (χ2n) is 5.40. The maximum Gasteiger partial charge on any atom is 0.243 e. The van der Waals surface area contributed by atoms with Crippen molar-refractivity contribution < 1.29 is 4.79 Å². The molecule has 1 saturated carbocycles. The summed E-state index contributed by atoms with van der Waals surface area (Å²) < 4.78 is 0. The third-order valence-corrected chi connectivity index (χ3v) is 3.88. The minimum atomic E-state index is 0.0131. The van der Waals surface area contributed by atoms with E-state index in [2.05, 4.69) is 22.7 Å². The predicted molar refractivity (Wildman–Crippen MR) is 84.1 cm³/mol. The molecule has 1 aliphatic carbocycles. The lowest BCUT2D eigenvalue weighted by Gasteiger charge is -2.03. The number of rotatable bonds is 4. The summed E-state index contributed by atoms with van der Waals surface area (Å²) in [4.78, 5) is 12.1. The highest BCUT2D eigenvalue weighted by atomic mass is 16.2. The van der Waals surface area contributed by atoms with Gasteiger partial charge in [0.15, 0.2) is 0 Å². The molecule has 3 nitrogen and oxygen atoms in total. The number of nitrogens with one attached hydrogen (secondary N) is 1. The Morgan fingerprint density at radius 2 is 1.67 bits per heavy atom. The van der Waals surface area contributed by atoms with Crippen molar-refractivity contribution >= 4 is 11.6 Å². The van der Waals surface area contributed by atoms with E-state index in [4.69, 9.17) is 0 Å². The van der Waals surface area contributed by atoms with Gasteiger partial charge in [-0.25, -0.2) is 5.43 Å². The van der Waals surface area contributed by atoms with E-state index in [-0.39, 0.29) is 11.8 Å². The summed E-state index contributed by atoms with van der Waals surface area (Å²) >= 11 is 0. The van der Waals surface area contributed by atoms with Gasteiger partial charge in [-0.05, 0) is 30.4 Å². The number of carbonyl (C=O) groups excluding carboxylic acids is 1. The highest BCUT2D eigenvalue weighted by Gasteiger charge is 2.43. The van der Waals surface area contributed by atoms with E-state index < -0.39 is 0 Å². The number of hydrogen-bond donors (Lipinski definition) is 1. The first-order chi connectivity index (χ1) is 10.3. The molecule has 0 bridgehead atoms. The lowest BCUT2D eigenvalue weighted by molar-refractivity contribution is -0.122. The SMILES string of the molecule is C/C(=N\NC(=O)[C@H]1C[C@H]1c1ccccc1)c1ccccc1. The fourth-order valence-corrected chi connectivity index (χ4v) is 2.52. The van der Waals surface area contributed by atoms with Crippen LogP contribution in [-0.2, 0) is 4.79 Å². The van der Waals surface area contributed by atoms with Crippen molar-refractivity contribution in [2.24, 2.45) is 11.0 Å². The Hall–Kier alpha value is -2.42. The zero-order valence-electron chi connectivity index (χ0n) is 12.0. The highest BCUT2D eigenvalue weighted by molar-refractivity contribution is 5.99. The van der Waals surface area contributed by atoms with Crippen molar-refractivity contribution in [3.8, 4) is 0 Å². The summed E-state index contributed by atoms with van der Waals surface area (Å²) in [6, 6.07) is 20.0. The standard InChI is InChI=1S/C18H18N2O/c1-13(14-8-4-2-5-9-14)19-20-18(21)17-12-16(17)15-10-6-3-7-11-15/h2-11,16-17H,12H2,1H3,(H,20,21)/b19-13+/t16-,17-/m0/s1.